The molecule has 1 heterocycles. The third kappa shape index (κ3) is 2.98. The fourth-order valence-electron chi connectivity index (χ4n) is 2.08. The monoisotopic (exact) mass is 304 g/mol. The Morgan fingerprint density at radius 1 is 1.33 bits per heavy atom. The Balaban J connectivity index is 2.44. The maximum atomic E-state index is 4.21. The summed E-state index contributed by atoms with van der Waals surface area (Å²) < 4.78 is 1.11. The van der Waals surface area contributed by atoms with Gasteiger partial charge in [-0.1, -0.05) is 35.0 Å². The van der Waals surface area contributed by atoms with Gasteiger partial charge in [0.1, 0.15) is 0 Å². The summed E-state index contributed by atoms with van der Waals surface area (Å²) in [5.74, 6) is 0. The van der Waals surface area contributed by atoms with E-state index in [-0.39, 0.29) is 6.04 Å². The van der Waals surface area contributed by atoms with Crippen molar-refractivity contribution < 1.29 is 0 Å². The van der Waals surface area contributed by atoms with Crippen LogP contribution in [-0.2, 0) is 0 Å². The van der Waals surface area contributed by atoms with Gasteiger partial charge in [0.15, 0.2) is 0 Å². The molecule has 0 spiro atoms. The zero-order chi connectivity index (χ0) is 13.0. The molecule has 0 fully saturated rings. The number of nitrogens with zero attached hydrogens (tertiary/aromatic N) is 1. The number of benzene rings is 1. The predicted octanol–water partition coefficient (Wildman–Crippen LogP) is 3.85. The molecule has 1 aromatic heterocycles. The highest BCUT2D eigenvalue weighted by Gasteiger charge is 2.15. The van der Waals surface area contributed by atoms with E-state index in [0.29, 0.717) is 0 Å². The Kier molecular flexibility index (Phi) is 4.50. The SMILES string of the molecule is CCNC(c1cccnc1)c1cc(Br)ccc1C. The van der Waals surface area contributed by atoms with Crippen LogP contribution in [0.4, 0.5) is 0 Å². The van der Waals surface area contributed by atoms with Crippen molar-refractivity contribution in [2.24, 2.45) is 0 Å². The summed E-state index contributed by atoms with van der Waals surface area (Å²) in [6.07, 6.45) is 3.73. The highest BCUT2D eigenvalue weighted by molar-refractivity contribution is 9.10. The lowest BCUT2D eigenvalue weighted by atomic mass is 9.96. The molecule has 94 valence electrons. The first-order valence-electron chi connectivity index (χ1n) is 6.11. The molecule has 0 radical (unpaired) electrons. The van der Waals surface area contributed by atoms with Crippen LogP contribution in [0.5, 0.6) is 0 Å². The van der Waals surface area contributed by atoms with E-state index < -0.39 is 0 Å². The zero-order valence-corrected chi connectivity index (χ0v) is 12.2. The summed E-state index contributed by atoms with van der Waals surface area (Å²) in [6.45, 7) is 5.19. The van der Waals surface area contributed by atoms with Gasteiger partial charge in [0, 0.05) is 16.9 Å². The summed E-state index contributed by atoms with van der Waals surface area (Å²) in [5.41, 5.74) is 3.77. The quantitative estimate of drug-likeness (QED) is 0.928. The molecule has 0 saturated heterocycles. The van der Waals surface area contributed by atoms with E-state index >= 15 is 0 Å². The predicted molar refractivity (Wildman–Crippen MR) is 78.6 cm³/mol. The van der Waals surface area contributed by atoms with E-state index in [1.165, 1.54) is 16.7 Å². The number of pyridine rings is 1. The van der Waals surface area contributed by atoms with Gasteiger partial charge in [0.2, 0.25) is 0 Å². The van der Waals surface area contributed by atoms with Crippen LogP contribution >= 0.6 is 15.9 Å². The fourth-order valence-corrected chi connectivity index (χ4v) is 2.46. The van der Waals surface area contributed by atoms with Crippen LogP contribution in [0.15, 0.2) is 47.2 Å². The zero-order valence-electron chi connectivity index (χ0n) is 10.7. The van der Waals surface area contributed by atoms with Crippen molar-refractivity contribution in [3.05, 3.63) is 63.9 Å². The normalized spacial score (nSPS) is 12.4. The lowest BCUT2D eigenvalue weighted by Gasteiger charge is -2.20. The molecular formula is C15H17BrN2. The molecule has 0 bridgehead atoms. The van der Waals surface area contributed by atoms with Crippen LogP contribution in [-0.4, -0.2) is 11.5 Å². The van der Waals surface area contributed by atoms with Crippen molar-refractivity contribution in [1.29, 1.82) is 0 Å². The fraction of sp³-hybridized carbons (Fsp3) is 0.267. The van der Waals surface area contributed by atoms with Gasteiger partial charge in [0.05, 0.1) is 6.04 Å². The van der Waals surface area contributed by atoms with Gasteiger partial charge >= 0.3 is 0 Å². The van der Waals surface area contributed by atoms with Gasteiger partial charge < -0.3 is 5.32 Å². The van der Waals surface area contributed by atoms with Crippen molar-refractivity contribution in [1.82, 2.24) is 10.3 Å². The summed E-state index contributed by atoms with van der Waals surface area (Å²) >= 11 is 3.54. The number of hydrogen-bond donors (Lipinski definition) is 1. The van der Waals surface area contributed by atoms with E-state index in [0.717, 1.165) is 11.0 Å². The van der Waals surface area contributed by atoms with Crippen LogP contribution < -0.4 is 5.32 Å². The highest BCUT2D eigenvalue weighted by Crippen LogP contribution is 2.27. The minimum absolute atomic E-state index is 0.196. The Morgan fingerprint density at radius 3 is 2.83 bits per heavy atom. The van der Waals surface area contributed by atoms with Crippen molar-refractivity contribution in [2.45, 2.75) is 19.9 Å². The van der Waals surface area contributed by atoms with E-state index in [9.17, 15) is 0 Å². The number of aromatic nitrogens is 1. The number of hydrogen-bond acceptors (Lipinski definition) is 2. The molecule has 1 atom stereocenters. The Labute approximate surface area is 117 Å². The molecule has 0 amide bonds. The molecule has 0 aliphatic carbocycles. The summed E-state index contributed by atoms with van der Waals surface area (Å²) in [5, 5.41) is 3.52. The van der Waals surface area contributed by atoms with Gasteiger partial charge in [0.25, 0.3) is 0 Å². The molecular weight excluding hydrogens is 288 g/mol. The molecule has 18 heavy (non-hydrogen) atoms. The second-order valence-electron chi connectivity index (χ2n) is 4.28. The molecule has 1 unspecified atom stereocenters. The average Bonchev–Trinajstić information content (AvgIpc) is 2.40. The molecule has 0 saturated carbocycles. The van der Waals surface area contributed by atoms with Crippen LogP contribution in [0.25, 0.3) is 0 Å². The molecule has 2 aromatic rings. The van der Waals surface area contributed by atoms with Gasteiger partial charge in [-0.2, -0.15) is 0 Å². The Bertz CT molecular complexity index is 511. The number of halogens is 1. The van der Waals surface area contributed by atoms with E-state index in [4.69, 9.17) is 0 Å². The summed E-state index contributed by atoms with van der Waals surface area (Å²) in [6, 6.07) is 10.7. The van der Waals surface area contributed by atoms with E-state index in [1.807, 2.05) is 12.3 Å². The largest absolute Gasteiger partial charge is 0.306 e. The van der Waals surface area contributed by atoms with Gasteiger partial charge in [-0.25, -0.2) is 0 Å². The molecule has 0 aliphatic heterocycles. The second kappa shape index (κ2) is 6.12. The maximum Gasteiger partial charge on any atom is 0.0594 e. The lowest BCUT2D eigenvalue weighted by molar-refractivity contribution is 0.625. The van der Waals surface area contributed by atoms with Gasteiger partial charge in [-0.15, -0.1) is 0 Å². The molecule has 0 aliphatic rings. The number of nitrogens with one attached hydrogen (secondary N) is 1. The van der Waals surface area contributed by atoms with Crippen LogP contribution in [0.1, 0.15) is 29.7 Å². The third-order valence-corrected chi connectivity index (χ3v) is 3.47. The topological polar surface area (TPSA) is 24.9 Å². The first-order valence-corrected chi connectivity index (χ1v) is 6.91. The first-order chi connectivity index (χ1) is 8.72. The van der Waals surface area contributed by atoms with Crippen molar-refractivity contribution in [2.75, 3.05) is 6.54 Å². The molecule has 1 N–H and O–H groups in total. The number of rotatable bonds is 4. The Morgan fingerprint density at radius 2 is 2.17 bits per heavy atom. The van der Waals surface area contributed by atoms with Crippen LogP contribution in [0.2, 0.25) is 0 Å². The molecule has 3 heteroatoms. The van der Waals surface area contributed by atoms with Gasteiger partial charge in [-0.05, 0) is 48.4 Å². The smallest absolute Gasteiger partial charge is 0.0594 e. The standard InChI is InChI=1S/C15H17BrN2/c1-3-18-15(12-5-4-8-17-10-12)14-9-13(16)7-6-11(14)2/h4-10,15,18H,3H2,1-2H3. The number of aryl methyl sites for hydroxylation is 1. The second-order valence-corrected chi connectivity index (χ2v) is 5.19. The first kappa shape index (κ1) is 13.2. The van der Waals surface area contributed by atoms with Crippen LogP contribution in [0.3, 0.4) is 0 Å². The summed E-state index contributed by atoms with van der Waals surface area (Å²) in [7, 11) is 0. The van der Waals surface area contributed by atoms with E-state index in [1.54, 1.807) is 6.20 Å². The van der Waals surface area contributed by atoms with E-state index in [2.05, 4.69) is 64.3 Å². The average molecular weight is 305 g/mol. The van der Waals surface area contributed by atoms with Crippen molar-refractivity contribution >= 4 is 15.9 Å². The van der Waals surface area contributed by atoms with Crippen molar-refractivity contribution in [3.8, 4) is 0 Å². The molecule has 2 rings (SSSR count). The molecule has 1 aromatic carbocycles. The third-order valence-electron chi connectivity index (χ3n) is 2.98. The van der Waals surface area contributed by atoms with Crippen molar-refractivity contribution in [3.63, 3.8) is 0 Å². The van der Waals surface area contributed by atoms with Gasteiger partial charge in [-0.3, -0.25) is 4.98 Å². The maximum absolute atomic E-state index is 4.21. The highest BCUT2D eigenvalue weighted by atomic mass is 79.9. The minimum Gasteiger partial charge on any atom is -0.306 e. The van der Waals surface area contributed by atoms with Crippen LogP contribution in [0, 0.1) is 6.92 Å². The minimum atomic E-state index is 0.196. The Hall–Kier alpha value is -1.19. The lowest BCUT2D eigenvalue weighted by Crippen LogP contribution is -2.22. The summed E-state index contributed by atoms with van der Waals surface area (Å²) in [4.78, 5) is 4.21. The molecule has 2 nitrogen and oxygen atoms in total.